The van der Waals surface area contributed by atoms with Gasteiger partial charge in [-0.3, -0.25) is 19.0 Å². The molecule has 0 saturated heterocycles. The van der Waals surface area contributed by atoms with Crippen LogP contribution in [0, 0.1) is 0 Å². The highest BCUT2D eigenvalue weighted by Gasteiger charge is 2.16. The van der Waals surface area contributed by atoms with Crippen LogP contribution >= 0.6 is 0 Å². The van der Waals surface area contributed by atoms with Crippen molar-refractivity contribution in [3.05, 3.63) is 80.4 Å². The number of aromatic nitrogens is 2. The minimum absolute atomic E-state index is 0.0513. The van der Waals surface area contributed by atoms with Crippen LogP contribution in [-0.2, 0) is 13.6 Å². The summed E-state index contributed by atoms with van der Waals surface area (Å²) in [6.07, 6.45) is 6.92. The van der Waals surface area contributed by atoms with E-state index >= 15 is 0 Å². The van der Waals surface area contributed by atoms with Gasteiger partial charge in [0.05, 0.1) is 17.6 Å². The van der Waals surface area contributed by atoms with E-state index in [1.54, 1.807) is 19.2 Å². The lowest BCUT2D eigenvalue weighted by Gasteiger charge is -2.16. The summed E-state index contributed by atoms with van der Waals surface area (Å²) >= 11 is 0. The van der Waals surface area contributed by atoms with E-state index < -0.39 is 11.1 Å². The van der Waals surface area contributed by atoms with Gasteiger partial charge >= 0.3 is 11.1 Å². The summed E-state index contributed by atoms with van der Waals surface area (Å²) in [5.41, 5.74) is 1.80. The van der Waals surface area contributed by atoms with Crippen molar-refractivity contribution in [1.29, 1.82) is 0 Å². The quantitative estimate of drug-likeness (QED) is 0.535. The summed E-state index contributed by atoms with van der Waals surface area (Å²) in [6.45, 7) is 0.278. The van der Waals surface area contributed by atoms with Crippen LogP contribution < -0.4 is 16.4 Å². The molecule has 0 spiro atoms. The molecule has 0 radical (unpaired) electrons. The van der Waals surface area contributed by atoms with Gasteiger partial charge in [-0.1, -0.05) is 49.9 Å². The molecule has 156 valence electrons. The lowest BCUT2D eigenvalue weighted by Crippen LogP contribution is -2.40. The maximum absolute atomic E-state index is 12.6. The highest BCUT2D eigenvalue weighted by atomic mass is 16.2. The Morgan fingerprint density at radius 1 is 0.900 bits per heavy atom. The lowest BCUT2D eigenvalue weighted by atomic mass is 10.1. The van der Waals surface area contributed by atoms with E-state index in [9.17, 15) is 14.4 Å². The number of hydrogen-bond donors (Lipinski definition) is 1. The first-order valence-electron chi connectivity index (χ1n) is 10.6. The first-order chi connectivity index (χ1) is 14.5. The Morgan fingerprint density at radius 3 is 2.20 bits per heavy atom. The zero-order valence-corrected chi connectivity index (χ0v) is 17.3. The minimum atomic E-state index is -0.550. The van der Waals surface area contributed by atoms with Crippen LogP contribution in [0.25, 0.3) is 11.0 Å². The maximum Gasteiger partial charge on any atom is 0.317 e. The number of benzene rings is 2. The van der Waals surface area contributed by atoms with Gasteiger partial charge in [0.2, 0.25) is 0 Å². The van der Waals surface area contributed by atoms with Crippen molar-refractivity contribution in [3.8, 4) is 0 Å². The SMILES string of the molecule is Cn1c(=O)c(=O)n(Cc2ccc(C(=O)NC3CCCCCC3)cc2)c2ccccc21. The Morgan fingerprint density at radius 2 is 1.53 bits per heavy atom. The molecule has 1 heterocycles. The summed E-state index contributed by atoms with van der Waals surface area (Å²) in [4.78, 5) is 37.5. The first-order valence-corrected chi connectivity index (χ1v) is 10.6. The Bertz CT molecular complexity index is 1170. The Hall–Kier alpha value is -3.15. The van der Waals surface area contributed by atoms with Gasteiger partial charge in [0.15, 0.2) is 0 Å². The molecule has 0 atom stereocenters. The van der Waals surface area contributed by atoms with E-state index in [4.69, 9.17) is 0 Å². The molecule has 30 heavy (non-hydrogen) atoms. The fraction of sp³-hybridized carbons (Fsp3) is 0.375. The number of rotatable bonds is 4. The summed E-state index contributed by atoms with van der Waals surface area (Å²) in [6, 6.07) is 14.9. The number of nitrogens with one attached hydrogen (secondary N) is 1. The van der Waals surface area contributed by atoms with Crippen LogP contribution in [0.3, 0.4) is 0 Å². The molecule has 6 nitrogen and oxygen atoms in total. The number of hydrogen-bond acceptors (Lipinski definition) is 3. The van der Waals surface area contributed by atoms with Crippen molar-refractivity contribution in [2.24, 2.45) is 7.05 Å². The van der Waals surface area contributed by atoms with Crippen LogP contribution in [-0.4, -0.2) is 21.1 Å². The molecule has 6 heteroatoms. The summed E-state index contributed by atoms with van der Waals surface area (Å²) in [7, 11) is 1.61. The molecule has 1 amide bonds. The number of para-hydroxylation sites is 2. The molecule has 2 aromatic carbocycles. The lowest BCUT2D eigenvalue weighted by molar-refractivity contribution is 0.0933. The molecule has 1 saturated carbocycles. The first kappa shape index (κ1) is 20.1. The zero-order valence-electron chi connectivity index (χ0n) is 17.3. The Balaban J connectivity index is 1.55. The second-order valence-corrected chi connectivity index (χ2v) is 8.10. The molecule has 0 bridgehead atoms. The third-order valence-electron chi connectivity index (χ3n) is 6.01. The Labute approximate surface area is 175 Å². The van der Waals surface area contributed by atoms with Crippen LogP contribution in [0.5, 0.6) is 0 Å². The highest BCUT2D eigenvalue weighted by molar-refractivity contribution is 5.94. The fourth-order valence-corrected chi connectivity index (χ4v) is 4.25. The van der Waals surface area contributed by atoms with Gasteiger partial charge in [-0.15, -0.1) is 0 Å². The average molecular weight is 405 g/mol. The third kappa shape index (κ3) is 4.08. The van der Waals surface area contributed by atoms with Crippen LogP contribution in [0.2, 0.25) is 0 Å². The van der Waals surface area contributed by atoms with Crippen LogP contribution in [0.1, 0.15) is 54.4 Å². The van der Waals surface area contributed by atoms with Crippen molar-refractivity contribution in [1.82, 2.24) is 14.5 Å². The van der Waals surface area contributed by atoms with E-state index in [-0.39, 0.29) is 18.5 Å². The van der Waals surface area contributed by atoms with E-state index in [1.807, 2.05) is 36.4 Å². The molecule has 3 aromatic rings. The van der Waals surface area contributed by atoms with E-state index in [2.05, 4.69) is 5.32 Å². The van der Waals surface area contributed by atoms with Crippen molar-refractivity contribution >= 4 is 16.9 Å². The van der Waals surface area contributed by atoms with E-state index in [1.165, 1.54) is 34.8 Å². The van der Waals surface area contributed by atoms with Crippen molar-refractivity contribution < 1.29 is 4.79 Å². The Kier molecular flexibility index (Phi) is 5.84. The smallest absolute Gasteiger partial charge is 0.317 e. The predicted octanol–water partition coefficient (Wildman–Crippen LogP) is 3.20. The number of nitrogens with zero attached hydrogens (tertiary/aromatic N) is 2. The third-order valence-corrected chi connectivity index (χ3v) is 6.01. The van der Waals surface area contributed by atoms with Crippen molar-refractivity contribution in [2.45, 2.75) is 51.1 Å². The summed E-state index contributed by atoms with van der Waals surface area (Å²) in [5.74, 6) is -0.0513. The summed E-state index contributed by atoms with van der Waals surface area (Å²) < 4.78 is 2.88. The van der Waals surface area contributed by atoms with Crippen molar-refractivity contribution in [3.63, 3.8) is 0 Å². The molecule has 0 unspecified atom stereocenters. The fourth-order valence-electron chi connectivity index (χ4n) is 4.25. The average Bonchev–Trinajstić information content (AvgIpc) is 3.04. The van der Waals surface area contributed by atoms with E-state index in [0.717, 1.165) is 18.4 Å². The van der Waals surface area contributed by atoms with Gasteiger partial charge in [-0.2, -0.15) is 0 Å². The van der Waals surface area contributed by atoms with Gasteiger partial charge in [0, 0.05) is 18.7 Å². The van der Waals surface area contributed by atoms with Crippen LogP contribution in [0.4, 0.5) is 0 Å². The van der Waals surface area contributed by atoms with Gasteiger partial charge in [-0.05, 0) is 42.7 Å². The second-order valence-electron chi connectivity index (χ2n) is 8.10. The molecular weight excluding hydrogens is 378 g/mol. The highest BCUT2D eigenvalue weighted by Crippen LogP contribution is 2.18. The van der Waals surface area contributed by atoms with Crippen molar-refractivity contribution in [2.75, 3.05) is 0 Å². The van der Waals surface area contributed by atoms with Gasteiger partial charge in [0.1, 0.15) is 0 Å². The number of aryl methyl sites for hydroxylation is 1. The number of amides is 1. The monoisotopic (exact) mass is 405 g/mol. The van der Waals surface area contributed by atoms with E-state index in [0.29, 0.717) is 16.6 Å². The normalized spacial score (nSPS) is 15.1. The predicted molar refractivity (Wildman–Crippen MR) is 118 cm³/mol. The molecule has 1 N–H and O–H groups in total. The number of fused-ring (bicyclic) bond motifs is 1. The molecule has 1 aromatic heterocycles. The molecule has 1 fully saturated rings. The summed E-state index contributed by atoms with van der Waals surface area (Å²) in [5, 5.41) is 3.15. The zero-order chi connectivity index (χ0) is 21.1. The molecule has 1 aliphatic rings. The molecule has 1 aliphatic carbocycles. The molecular formula is C24H27N3O3. The minimum Gasteiger partial charge on any atom is -0.349 e. The maximum atomic E-state index is 12.6. The molecule has 0 aliphatic heterocycles. The second kappa shape index (κ2) is 8.69. The number of carbonyl (C=O) groups excluding carboxylic acids is 1. The van der Waals surface area contributed by atoms with Gasteiger partial charge in [0.25, 0.3) is 5.91 Å². The van der Waals surface area contributed by atoms with Crippen LogP contribution in [0.15, 0.2) is 58.1 Å². The number of carbonyl (C=O) groups is 1. The largest absolute Gasteiger partial charge is 0.349 e. The van der Waals surface area contributed by atoms with Gasteiger partial charge in [-0.25, -0.2) is 0 Å². The topological polar surface area (TPSA) is 73.1 Å². The van der Waals surface area contributed by atoms with Gasteiger partial charge < -0.3 is 9.88 Å². The molecule has 4 rings (SSSR count). The standard InChI is InChI=1S/C24H27N3O3/c1-26-20-10-6-7-11-21(20)27(24(30)23(26)29)16-17-12-14-18(15-13-17)22(28)25-19-8-4-2-3-5-9-19/h6-7,10-15,19H,2-5,8-9,16H2,1H3,(H,25,28).